The number of hydrogen-bond donors (Lipinski definition) is 2. The van der Waals surface area contributed by atoms with Gasteiger partial charge >= 0.3 is 5.97 Å². The van der Waals surface area contributed by atoms with Crippen LogP contribution in [0.3, 0.4) is 0 Å². The third-order valence-electron chi connectivity index (χ3n) is 3.89. The van der Waals surface area contributed by atoms with Crippen LogP contribution in [0.2, 0.25) is 0 Å². The van der Waals surface area contributed by atoms with Gasteiger partial charge in [-0.05, 0) is 19.4 Å². The number of aliphatic hydroxyl groups is 1. The Morgan fingerprint density at radius 1 is 1.55 bits per heavy atom. The quantitative estimate of drug-likeness (QED) is 0.811. The average molecular weight is 281 g/mol. The van der Waals surface area contributed by atoms with E-state index < -0.39 is 5.97 Å². The number of hydrogen-bond acceptors (Lipinski definition) is 4. The minimum atomic E-state index is -0.809. The highest BCUT2D eigenvalue weighted by atomic mass is 16.4. The molecule has 20 heavy (non-hydrogen) atoms. The normalized spacial score (nSPS) is 23.9. The van der Waals surface area contributed by atoms with E-state index in [0.717, 1.165) is 38.0 Å². The molecule has 0 unspecified atom stereocenters. The number of rotatable bonds is 6. The summed E-state index contributed by atoms with van der Waals surface area (Å²) in [5, 5.41) is 22.3. The lowest BCUT2D eigenvalue weighted by Crippen LogP contribution is -2.43. The van der Waals surface area contributed by atoms with Crippen molar-refractivity contribution in [2.24, 2.45) is 5.41 Å². The number of carboxylic acids is 1. The van der Waals surface area contributed by atoms with E-state index in [1.807, 2.05) is 6.20 Å². The van der Waals surface area contributed by atoms with Gasteiger partial charge < -0.3 is 10.2 Å². The summed E-state index contributed by atoms with van der Waals surface area (Å²) < 4.78 is 1.68. The molecule has 112 valence electrons. The number of aliphatic hydroxyl groups excluding tert-OH is 1. The van der Waals surface area contributed by atoms with Crippen molar-refractivity contribution in [3.05, 3.63) is 18.0 Å². The molecule has 0 amide bonds. The Morgan fingerprint density at radius 2 is 2.35 bits per heavy atom. The molecule has 6 heteroatoms. The topological polar surface area (TPSA) is 78.6 Å². The first-order chi connectivity index (χ1) is 9.50. The first-order valence-corrected chi connectivity index (χ1v) is 7.07. The van der Waals surface area contributed by atoms with Crippen molar-refractivity contribution in [2.75, 3.05) is 19.7 Å². The van der Waals surface area contributed by atoms with Crippen LogP contribution in [0.15, 0.2) is 12.4 Å². The van der Waals surface area contributed by atoms with Crippen LogP contribution in [0.4, 0.5) is 0 Å². The van der Waals surface area contributed by atoms with Crippen molar-refractivity contribution in [3.8, 4) is 0 Å². The zero-order chi connectivity index (χ0) is 14.6. The highest BCUT2D eigenvalue weighted by Gasteiger charge is 2.30. The molecule has 1 aromatic heterocycles. The third-order valence-corrected chi connectivity index (χ3v) is 3.89. The number of carbonyl (C=O) groups is 1. The number of aromatic nitrogens is 2. The van der Waals surface area contributed by atoms with Crippen LogP contribution in [-0.2, 0) is 17.9 Å². The van der Waals surface area contributed by atoms with Crippen LogP contribution < -0.4 is 0 Å². The maximum absolute atomic E-state index is 10.5. The summed E-state index contributed by atoms with van der Waals surface area (Å²) in [6, 6.07) is 0. The van der Waals surface area contributed by atoms with Gasteiger partial charge in [0.1, 0.15) is 0 Å². The van der Waals surface area contributed by atoms with Crippen molar-refractivity contribution >= 4 is 5.97 Å². The monoisotopic (exact) mass is 281 g/mol. The van der Waals surface area contributed by atoms with Gasteiger partial charge in [-0.15, -0.1) is 0 Å². The van der Waals surface area contributed by atoms with E-state index in [9.17, 15) is 9.90 Å². The lowest BCUT2D eigenvalue weighted by molar-refractivity contribution is -0.137. The third kappa shape index (κ3) is 4.05. The second kappa shape index (κ2) is 6.37. The molecular weight excluding hydrogens is 258 g/mol. The van der Waals surface area contributed by atoms with Crippen molar-refractivity contribution in [2.45, 2.75) is 39.3 Å². The standard InChI is InChI=1S/C14H23N3O3/c1-14(11-18)4-2-5-16(10-14)8-12-7-15-17(9-12)6-3-13(19)20/h7,9,18H,2-6,8,10-11H2,1H3,(H,19,20)/t14-/m0/s1. The molecule has 6 nitrogen and oxygen atoms in total. The van der Waals surface area contributed by atoms with Crippen molar-refractivity contribution in [1.82, 2.24) is 14.7 Å². The van der Waals surface area contributed by atoms with E-state index >= 15 is 0 Å². The maximum Gasteiger partial charge on any atom is 0.305 e. The Labute approximate surface area is 119 Å². The second-order valence-corrected chi connectivity index (χ2v) is 6.04. The summed E-state index contributed by atoms with van der Waals surface area (Å²) in [4.78, 5) is 12.9. The minimum Gasteiger partial charge on any atom is -0.481 e. The smallest absolute Gasteiger partial charge is 0.305 e. The minimum absolute atomic E-state index is 0.00243. The van der Waals surface area contributed by atoms with Gasteiger partial charge in [-0.1, -0.05) is 6.92 Å². The van der Waals surface area contributed by atoms with Gasteiger partial charge in [-0.3, -0.25) is 14.4 Å². The number of likely N-dealkylation sites (tertiary alicyclic amines) is 1. The number of carboxylic acid groups (broad SMARTS) is 1. The molecule has 0 bridgehead atoms. The summed E-state index contributed by atoms with van der Waals surface area (Å²) in [7, 11) is 0. The van der Waals surface area contributed by atoms with Gasteiger partial charge in [0.25, 0.3) is 0 Å². The molecule has 1 atom stereocenters. The lowest BCUT2D eigenvalue weighted by Gasteiger charge is -2.39. The Balaban J connectivity index is 1.88. The Hall–Kier alpha value is -1.40. The largest absolute Gasteiger partial charge is 0.481 e. The van der Waals surface area contributed by atoms with Crippen molar-refractivity contribution in [1.29, 1.82) is 0 Å². The van der Waals surface area contributed by atoms with E-state index in [4.69, 9.17) is 5.11 Å². The SMILES string of the molecule is C[C@]1(CO)CCCN(Cc2cnn(CCC(=O)O)c2)C1. The summed E-state index contributed by atoms with van der Waals surface area (Å²) in [5.74, 6) is -0.809. The van der Waals surface area contributed by atoms with E-state index in [1.165, 1.54) is 0 Å². The Morgan fingerprint density at radius 3 is 3.05 bits per heavy atom. The predicted molar refractivity (Wildman–Crippen MR) is 74.2 cm³/mol. The first-order valence-electron chi connectivity index (χ1n) is 7.07. The molecule has 2 heterocycles. The molecular formula is C14H23N3O3. The number of aryl methyl sites for hydroxylation is 1. The van der Waals surface area contributed by atoms with Crippen LogP contribution in [0, 0.1) is 5.41 Å². The average Bonchev–Trinajstić information content (AvgIpc) is 2.84. The molecule has 1 aliphatic heterocycles. The van der Waals surface area contributed by atoms with Gasteiger partial charge in [0.05, 0.1) is 19.2 Å². The summed E-state index contributed by atoms with van der Waals surface area (Å²) in [6.45, 7) is 5.49. The van der Waals surface area contributed by atoms with Gasteiger partial charge in [0.2, 0.25) is 0 Å². The van der Waals surface area contributed by atoms with Crippen LogP contribution in [-0.4, -0.2) is 50.6 Å². The first kappa shape index (κ1) is 15.0. The lowest BCUT2D eigenvalue weighted by atomic mass is 9.83. The highest BCUT2D eigenvalue weighted by molar-refractivity contribution is 5.66. The van der Waals surface area contributed by atoms with E-state index in [0.29, 0.717) is 6.54 Å². The van der Waals surface area contributed by atoms with E-state index in [1.54, 1.807) is 10.9 Å². The van der Waals surface area contributed by atoms with Gasteiger partial charge in [-0.25, -0.2) is 0 Å². The van der Waals surface area contributed by atoms with E-state index in [2.05, 4.69) is 16.9 Å². The fraction of sp³-hybridized carbons (Fsp3) is 0.714. The zero-order valence-electron chi connectivity index (χ0n) is 12.0. The van der Waals surface area contributed by atoms with Crippen LogP contribution in [0.5, 0.6) is 0 Å². The maximum atomic E-state index is 10.5. The molecule has 1 aromatic rings. The number of piperidine rings is 1. The number of aliphatic carboxylic acids is 1. The molecule has 0 radical (unpaired) electrons. The van der Waals surface area contributed by atoms with Gasteiger partial charge in [0, 0.05) is 36.9 Å². The fourth-order valence-electron chi connectivity index (χ4n) is 2.77. The molecule has 0 aromatic carbocycles. The molecule has 1 saturated heterocycles. The second-order valence-electron chi connectivity index (χ2n) is 6.04. The van der Waals surface area contributed by atoms with Crippen LogP contribution >= 0.6 is 0 Å². The molecule has 0 saturated carbocycles. The summed E-state index contributed by atoms with van der Waals surface area (Å²) in [5.41, 5.74) is 1.09. The predicted octanol–water partition coefficient (Wildman–Crippen LogP) is 0.952. The Bertz CT molecular complexity index is 460. The molecule has 0 spiro atoms. The number of nitrogens with zero attached hydrogens (tertiary/aromatic N) is 3. The Kier molecular flexibility index (Phi) is 4.77. The van der Waals surface area contributed by atoms with E-state index in [-0.39, 0.29) is 18.4 Å². The zero-order valence-corrected chi connectivity index (χ0v) is 12.0. The highest BCUT2D eigenvalue weighted by Crippen LogP contribution is 2.29. The summed E-state index contributed by atoms with van der Waals surface area (Å²) in [6.07, 6.45) is 5.97. The molecule has 2 rings (SSSR count). The van der Waals surface area contributed by atoms with Crippen LogP contribution in [0.1, 0.15) is 31.7 Å². The fourth-order valence-corrected chi connectivity index (χ4v) is 2.77. The molecule has 2 N–H and O–H groups in total. The molecule has 1 fully saturated rings. The van der Waals surface area contributed by atoms with Gasteiger partial charge in [0.15, 0.2) is 0 Å². The molecule has 0 aliphatic carbocycles. The molecule has 1 aliphatic rings. The van der Waals surface area contributed by atoms with Crippen molar-refractivity contribution < 1.29 is 15.0 Å². The summed E-state index contributed by atoms with van der Waals surface area (Å²) >= 11 is 0. The van der Waals surface area contributed by atoms with Crippen LogP contribution in [0.25, 0.3) is 0 Å². The van der Waals surface area contributed by atoms with Gasteiger partial charge in [-0.2, -0.15) is 5.10 Å². The van der Waals surface area contributed by atoms with Crippen molar-refractivity contribution in [3.63, 3.8) is 0 Å².